The number of amides is 1. The molecule has 1 fully saturated rings. The minimum Gasteiger partial charge on any atom is -0.494 e. The predicted molar refractivity (Wildman–Crippen MR) is 103 cm³/mol. The van der Waals surface area contributed by atoms with E-state index in [0.29, 0.717) is 6.61 Å². The molecule has 138 valence electrons. The molecule has 1 saturated heterocycles. The summed E-state index contributed by atoms with van der Waals surface area (Å²) >= 11 is 0. The Hall–Kier alpha value is -2.49. The van der Waals surface area contributed by atoms with Crippen molar-refractivity contribution < 1.29 is 14.3 Å². The van der Waals surface area contributed by atoms with Crippen LogP contribution in [0.3, 0.4) is 0 Å². The second-order valence-corrected chi connectivity index (χ2v) is 6.76. The maximum atomic E-state index is 12.8. The number of nitrogens with zero attached hydrogens (tertiary/aromatic N) is 1. The Labute approximate surface area is 155 Å². The first-order valence-electron chi connectivity index (χ1n) is 9.31. The summed E-state index contributed by atoms with van der Waals surface area (Å²) in [7, 11) is 0. The first-order chi connectivity index (χ1) is 12.6. The quantitative estimate of drug-likeness (QED) is 0.770. The Morgan fingerprint density at radius 1 is 1.08 bits per heavy atom. The molecule has 26 heavy (non-hydrogen) atoms. The summed E-state index contributed by atoms with van der Waals surface area (Å²) < 4.78 is 11.4. The van der Waals surface area contributed by atoms with Gasteiger partial charge in [0, 0.05) is 6.54 Å². The van der Waals surface area contributed by atoms with Crippen molar-refractivity contribution in [3.8, 4) is 11.5 Å². The Kier molecular flexibility index (Phi) is 5.82. The summed E-state index contributed by atoms with van der Waals surface area (Å²) in [6, 6.07) is 14.2. The van der Waals surface area contributed by atoms with Crippen LogP contribution in [-0.4, -0.2) is 30.6 Å². The number of carbonyl (C=O) groups is 1. The monoisotopic (exact) mass is 353 g/mol. The first-order valence-corrected chi connectivity index (χ1v) is 9.31. The number of hydrogen-bond acceptors (Lipinski definition) is 3. The van der Waals surface area contributed by atoms with E-state index in [1.54, 1.807) is 0 Å². The molecule has 1 unspecified atom stereocenters. The van der Waals surface area contributed by atoms with Crippen LogP contribution < -0.4 is 9.47 Å². The second-order valence-electron chi connectivity index (χ2n) is 6.76. The number of benzene rings is 2. The van der Waals surface area contributed by atoms with Crippen molar-refractivity contribution in [2.24, 2.45) is 0 Å². The smallest absolute Gasteiger partial charge is 0.261 e. The summed E-state index contributed by atoms with van der Waals surface area (Å²) in [6.45, 7) is 7.51. The van der Waals surface area contributed by atoms with E-state index < -0.39 is 0 Å². The maximum Gasteiger partial charge on any atom is 0.261 e. The largest absolute Gasteiger partial charge is 0.494 e. The number of para-hydroxylation sites is 1. The number of hydrogen-bond donors (Lipinski definition) is 0. The van der Waals surface area contributed by atoms with E-state index in [-0.39, 0.29) is 18.6 Å². The van der Waals surface area contributed by atoms with Gasteiger partial charge >= 0.3 is 0 Å². The van der Waals surface area contributed by atoms with E-state index in [9.17, 15) is 4.79 Å². The van der Waals surface area contributed by atoms with E-state index in [2.05, 4.69) is 12.1 Å². The summed E-state index contributed by atoms with van der Waals surface area (Å²) in [6.07, 6.45) is 2.01. The highest BCUT2D eigenvalue weighted by Gasteiger charge is 2.30. The molecule has 1 aliphatic rings. The topological polar surface area (TPSA) is 38.8 Å². The van der Waals surface area contributed by atoms with Crippen molar-refractivity contribution in [2.75, 3.05) is 19.8 Å². The molecule has 0 aromatic heterocycles. The first kappa shape index (κ1) is 18.3. The van der Waals surface area contributed by atoms with Crippen LogP contribution in [0.25, 0.3) is 0 Å². The molecule has 1 heterocycles. The molecule has 0 spiro atoms. The van der Waals surface area contributed by atoms with E-state index in [1.165, 1.54) is 0 Å². The van der Waals surface area contributed by atoms with Gasteiger partial charge in [0.05, 0.1) is 12.6 Å². The minimum absolute atomic E-state index is 0.0454. The van der Waals surface area contributed by atoms with Crippen LogP contribution in [0.2, 0.25) is 0 Å². The van der Waals surface area contributed by atoms with Gasteiger partial charge in [0.15, 0.2) is 6.61 Å². The molecule has 1 atom stereocenters. The van der Waals surface area contributed by atoms with E-state index in [0.717, 1.165) is 47.6 Å². The van der Waals surface area contributed by atoms with Gasteiger partial charge in [-0.2, -0.15) is 0 Å². The van der Waals surface area contributed by atoms with Gasteiger partial charge in [-0.25, -0.2) is 0 Å². The standard InChI is InChI=1S/C22H27NO3/c1-4-25-19-12-10-18(11-13-19)20-9-6-14-23(20)21(24)15-26-22-16(2)7-5-8-17(22)3/h5,7-8,10-13,20H,4,6,9,14-15H2,1-3H3. The van der Waals surface area contributed by atoms with Crippen LogP contribution in [0.4, 0.5) is 0 Å². The number of likely N-dealkylation sites (tertiary alicyclic amines) is 1. The predicted octanol–water partition coefficient (Wildman–Crippen LogP) is 4.44. The van der Waals surface area contributed by atoms with Crippen molar-refractivity contribution in [1.82, 2.24) is 4.90 Å². The Morgan fingerprint density at radius 3 is 2.42 bits per heavy atom. The summed E-state index contributed by atoms with van der Waals surface area (Å²) in [4.78, 5) is 14.7. The van der Waals surface area contributed by atoms with Gasteiger partial charge < -0.3 is 14.4 Å². The average Bonchev–Trinajstić information content (AvgIpc) is 3.12. The van der Waals surface area contributed by atoms with Crippen molar-refractivity contribution in [3.63, 3.8) is 0 Å². The fourth-order valence-corrected chi connectivity index (χ4v) is 3.61. The fraction of sp³-hybridized carbons (Fsp3) is 0.409. The molecule has 0 aliphatic carbocycles. The highest BCUT2D eigenvalue weighted by atomic mass is 16.5. The Bertz CT molecular complexity index is 734. The molecule has 2 aromatic rings. The lowest BCUT2D eigenvalue weighted by molar-refractivity contribution is -0.134. The summed E-state index contributed by atoms with van der Waals surface area (Å²) in [5.41, 5.74) is 3.27. The van der Waals surface area contributed by atoms with Crippen LogP contribution in [0, 0.1) is 13.8 Å². The lowest BCUT2D eigenvalue weighted by Crippen LogP contribution is -2.34. The zero-order valence-electron chi connectivity index (χ0n) is 15.8. The van der Waals surface area contributed by atoms with Gasteiger partial charge in [0.1, 0.15) is 11.5 Å². The zero-order valence-corrected chi connectivity index (χ0v) is 15.8. The molecule has 1 amide bonds. The van der Waals surface area contributed by atoms with Crippen LogP contribution in [-0.2, 0) is 4.79 Å². The molecule has 0 radical (unpaired) electrons. The normalized spacial score (nSPS) is 16.6. The van der Waals surface area contributed by atoms with Gasteiger partial charge in [0.2, 0.25) is 0 Å². The molecule has 1 aliphatic heterocycles. The Morgan fingerprint density at radius 2 is 1.77 bits per heavy atom. The SMILES string of the molecule is CCOc1ccc(C2CCCN2C(=O)COc2c(C)cccc2C)cc1. The zero-order chi connectivity index (χ0) is 18.5. The van der Waals surface area contributed by atoms with Gasteiger partial charge in [-0.05, 0) is 62.4 Å². The van der Waals surface area contributed by atoms with Crippen LogP contribution >= 0.6 is 0 Å². The molecular weight excluding hydrogens is 326 g/mol. The van der Waals surface area contributed by atoms with E-state index in [4.69, 9.17) is 9.47 Å². The number of carbonyl (C=O) groups excluding carboxylic acids is 1. The second kappa shape index (κ2) is 8.26. The van der Waals surface area contributed by atoms with E-state index in [1.807, 2.05) is 56.0 Å². The van der Waals surface area contributed by atoms with Gasteiger partial charge in [-0.3, -0.25) is 4.79 Å². The number of ether oxygens (including phenoxy) is 2. The highest BCUT2D eigenvalue weighted by molar-refractivity contribution is 5.78. The van der Waals surface area contributed by atoms with Crippen molar-refractivity contribution in [1.29, 1.82) is 0 Å². The molecule has 0 N–H and O–H groups in total. The third kappa shape index (κ3) is 4.01. The molecule has 2 aromatic carbocycles. The maximum absolute atomic E-state index is 12.8. The van der Waals surface area contributed by atoms with Crippen LogP contribution in [0.15, 0.2) is 42.5 Å². The number of aryl methyl sites for hydroxylation is 2. The van der Waals surface area contributed by atoms with Crippen molar-refractivity contribution >= 4 is 5.91 Å². The van der Waals surface area contributed by atoms with Crippen LogP contribution in [0.5, 0.6) is 11.5 Å². The van der Waals surface area contributed by atoms with Crippen molar-refractivity contribution in [3.05, 3.63) is 59.2 Å². The van der Waals surface area contributed by atoms with Crippen molar-refractivity contribution in [2.45, 2.75) is 39.7 Å². The minimum atomic E-state index is 0.0454. The van der Waals surface area contributed by atoms with Gasteiger partial charge in [0.25, 0.3) is 5.91 Å². The summed E-state index contributed by atoms with van der Waals surface area (Å²) in [5, 5.41) is 0. The molecule has 0 saturated carbocycles. The number of rotatable bonds is 6. The summed E-state index contributed by atoms with van der Waals surface area (Å²) in [5.74, 6) is 1.73. The van der Waals surface area contributed by atoms with Gasteiger partial charge in [-0.15, -0.1) is 0 Å². The Balaban J connectivity index is 1.66. The van der Waals surface area contributed by atoms with Crippen LogP contribution in [0.1, 0.15) is 42.5 Å². The highest BCUT2D eigenvalue weighted by Crippen LogP contribution is 2.33. The van der Waals surface area contributed by atoms with E-state index >= 15 is 0 Å². The molecular formula is C22H27NO3. The lowest BCUT2D eigenvalue weighted by atomic mass is 10.0. The third-order valence-corrected chi connectivity index (χ3v) is 4.90. The third-order valence-electron chi connectivity index (χ3n) is 4.90. The average molecular weight is 353 g/mol. The molecule has 0 bridgehead atoms. The molecule has 4 heteroatoms. The molecule has 3 rings (SSSR count). The lowest BCUT2D eigenvalue weighted by Gasteiger charge is -2.25. The fourth-order valence-electron chi connectivity index (χ4n) is 3.61. The molecule has 4 nitrogen and oxygen atoms in total. The van der Waals surface area contributed by atoms with Gasteiger partial charge in [-0.1, -0.05) is 30.3 Å².